The molecule has 6 aromatic rings. The van der Waals surface area contributed by atoms with E-state index in [0.717, 1.165) is 0 Å². The van der Waals surface area contributed by atoms with E-state index in [0.29, 0.717) is 0 Å². The Labute approximate surface area is 189 Å². The standard InChI is InChI=1S/C27H23N2S2/c1-16-12-13-20-23-19-10-5-6-11-21(19)30-27(23)31-25(20)22(16)26-28(4)14-15-29(26)24-17(2)8-7-9-18(24)3/h5-15H,1-4H3/q+1. The third-order valence-electron chi connectivity index (χ3n) is 6.30. The van der Waals surface area contributed by atoms with E-state index in [-0.39, 0.29) is 0 Å². The summed E-state index contributed by atoms with van der Waals surface area (Å²) in [6.45, 7) is 6.64. The van der Waals surface area contributed by atoms with Crippen LogP contribution in [0.3, 0.4) is 0 Å². The molecule has 0 aliphatic carbocycles. The Balaban J connectivity index is 1.73. The minimum atomic E-state index is 1.23. The van der Waals surface area contributed by atoms with Crippen LogP contribution in [0.2, 0.25) is 0 Å². The number of rotatable bonds is 2. The van der Waals surface area contributed by atoms with Gasteiger partial charge in [0, 0.05) is 20.9 Å². The molecule has 0 atom stereocenters. The number of fused-ring (bicyclic) bond motifs is 5. The van der Waals surface area contributed by atoms with Gasteiger partial charge < -0.3 is 0 Å². The number of nitrogens with zero attached hydrogens (tertiary/aromatic N) is 2. The Hall–Kier alpha value is -2.95. The molecule has 3 heterocycles. The average molecular weight is 440 g/mol. The summed E-state index contributed by atoms with van der Waals surface area (Å²) in [6.07, 6.45) is 4.37. The molecular weight excluding hydrogens is 416 g/mol. The van der Waals surface area contributed by atoms with Crippen LogP contribution < -0.4 is 4.57 Å². The summed E-state index contributed by atoms with van der Waals surface area (Å²) in [5, 5.41) is 4.15. The molecular formula is C27H23N2S2+. The molecule has 0 bridgehead atoms. The van der Waals surface area contributed by atoms with Gasteiger partial charge in [-0.25, -0.2) is 4.57 Å². The summed E-state index contributed by atoms with van der Waals surface area (Å²) in [6, 6.07) is 19.9. The van der Waals surface area contributed by atoms with Gasteiger partial charge in [0.25, 0.3) is 5.82 Å². The van der Waals surface area contributed by atoms with Gasteiger partial charge in [-0.15, -0.1) is 22.7 Å². The molecule has 3 aromatic heterocycles. The molecule has 4 heteroatoms. The number of hydrogen-bond acceptors (Lipinski definition) is 2. The van der Waals surface area contributed by atoms with Crippen LogP contribution in [0.15, 0.2) is 67.0 Å². The van der Waals surface area contributed by atoms with Crippen LogP contribution in [0.25, 0.3) is 46.6 Å². The van der Waals surface area contributed by atoms with Gasteiger partial charge in [0.1, 0.15) is 18.1 Å². The van der Waals surface area contributed by atoms with Gasteiger partial charge in [-0.2, -0.15) is 4.57 Å². The van der Waals surface area contributed by atoms with E-state index in [9.17, 15) is 0 Å². The van der Waals surface area contributed by atoms with Crippen LogP contribution in [0, 0.1) is 20.8 Å². The second-order valence-corrected chi connectivity index (χ2v) is 10.7. The predicted octanol–water partition coefficient (Wildman–Crippen LogP) is 7.48. The first-order chi connectivity index (χ1) is 15.0. The number of aryl methyl sites for hydroxylation is 4. The van der Waals surface area contributed by atoms with Crippen LogP contribution in [0.1, 0.15) is 16.7 Å². The molecule has 2 nitrogen and oxygen atoms in total. The molecule has 0 spiro atoms. The van der Waals surface area contributed by atoms with Crippen LogP contribution in [-0.2, 0) is 7.05 Å². The first-order valence-corrected chi connectivity index (χ1v) is 12.1. The Bertz CT molecular complexity index is 1610. The van der Waals surface area contributed by atoms with Gasteiger partial charge >= 0.3 is 0 Å². The second kappa shape index (κ2) is 6.78. The summed E-state index contributed by atoms with van der Waals surface area (Å²) in [5.41, 5.74) is 6.51. The first-order valence-electron chi connectivity index (χ1n) is 10.5. The highest BCUT2D eigenvalue weighted by Crippen LogP contribution is 2.47. The number of para-hydroxylation sites is 1. The fraction of sp³-hybridized carbons (Fsp3) is 0.148. The highest BCUT2D eigenvalue weighted by molar-refractivity contribution is 7.44. The van der Waals surface area contributed by atoms with Crippen molar-refractivity contribution in [2.24, 2.45) is 7.05 Å². The van der Waals surface area contributed by atoms with Crippen LogP contribution >= 0.6 is 22.7 Å². The van der Waals surface area contributed by atoms with E-state index in [2.05, 4.69) is 104 Å². The van der Waals surface area contributed by atoms with Crippen molar-refractivity contribution in [3.63, 3.8) is 0 Å². The highest BCUT2D eigenvalue weighted by Gasteiger charge is 2.27. The van der Waals surface area contributed by atoms with Gasteiger partial charge in [0.05, 0.1) is 21.3 Å². The maximum atomic E-state index is 2.37. The normalized spacial score (nSPS) is 11.9. The van der Waals surface area contributed by atoms with Crippen molar-refractivity contribution in [3.05, 3.63) is 83.7 Å². The van der Waals surface area contributed by atoms with Gasteiger partial charge in [0.2, 0.25) is 0 Å². The van der Waals surface area contributed by atoms with E-state index >= 15 is 0 Å². The largest absolute Gasteiger partial charge is 0.295 e. The maximum absolute atomic E-state index is 2.37. The molecule has 0 aliphatic rings. The smallest absolute Gasteiger partial charge is 0.232 e. The molecule has 3 aromatic carbocycles. The SMILES string of the molecule is Cc1cccc(C)c1-n1cc[n+](C)c1-c1c(C)ccc2c1sc1sc3ccccc3c12. The van der Waals surface area contributed by atoms with Crippen LogP contribution in [0.4, 0.5) is 0 Å². The Morgan fingerprint density at radius 1 is 0.774 bits per heavy atom. The lowest BCUT2D eigenvalue weighted by molar-refractivity contribution is -0.659. The van der Waals surface area contributed by atoms with Gasteiger partial charge in [-0.1, -0.05) is 48.5 Å². The summed E-state index contributed by atoms with van der Waals surface area (Å²) in [4.78, 5) is 0. The Morgan fingerprint density at radius 2 is 1.55 bits per heavy atom. The maximum Gasteiger partial charge on any atom is 0.295 e. The zero-order chi connectivity index (χ0) is 21.3. The Kier molecular flexibility index (Phi) is 4.11. The second-order valence-electron chi connectivity index (χ2n) is 8.34. The van der Waals surface area contributed by atoms with Crippen LogP contribution in [-0.4, -0.2) is 4.57 Å². The first kappa shape index (κ1) is 18.8. The molecule has 0 saturated carbocycles. The number of aromatic nitrogens is 2. The lowest BCUT2D eigenvalue weighted by Gasteiger charge is -2.11. The zero-order valence-corrected chi connectivity index (χ0v) is 19.7. The highest BCUT2D eigenvalue weighted by atomic mass is 32.2. The van der Waals surface area contributed by atoms with Gasteiger partial charge in [-0.3, -0.25) is 0 Å². The van der Waals surface area contributed by atoms with Crippen molar-refractivity contribution < 1.29 is 4.57 Å². The molecule has 0 unspecified atom stereocenters. The zero-order valence-electron chi connectivity index (χ0n) is 18.1. The molecule has 0 radical (unpaired) electrons. The quantitative estimate of drug-likeness (QED) is 0.247. The van der Waals surface area contributed by atoms with Crippen molar-refractivity contribution in [2.45, 2.75) is 20.8 Å². The van der Waals surface area contributed by atoms with E-state index < -0.39 is 0 Å². The van der Waals surface area contributed by atoms with Crippen molar-refractivity contribution in [1.82, 2.24) is 4.57 Å². The minimum Gasteiger partial charge on any atom is -0.232 e. The number of hydrogen-bond donors (Lipinski definition) is 0. The Morgan fingerprint density at radius 3 is 2.35 bits per heavy atom. The summed E-state index contributed by atoms with van der Waals surface area (Å²) >= 11 is 3.85. The van der Waals surface area contributed by atoms with E-state index in [1.807, 2.05) is 22.7 Å². The summed E-state index contributed by atoms with van der Waals surface area (Å²) in [5.74, 6) is 1.23. The summed E-state index contributed by atoms with van der Waals surface area (Å²) < 4.78 is 8.81. The minimum absolute atomic E-state index is 1.23. The third-order valence-corrected chi connectivity index (χ3v) is 8.78. The number of imidazole rings is 1. The molecule has 0 saturated heterocycles. The molecule has 0 amide bonds. The van der Waals surface area contributed by atoms with Crippen molar-refractivity contribution >= 4 is 52.2 Å². The van der Waals surface area contributed by atoms with Gasteiger partial charge in [-0.05, 0) is 43.5 Å². The third kappa shape index (κ3) is 2.65. The molecule has 0 N–H and O–H groups in total. The fourth-order valence-electron chi connectivity index (χ4n) is 4.85. The van der Waals surface area contributed by atoms with E-state index in [4.69, 9.17) is 0 Å². The monoisotopic (exact) mass is 439 g/mol. The van der Waals surface area contributed by atoms with Gasteiger partial charge in [0.15, 0.2) is 0 Å². The molecule has 0 fully saturated rings. The topological polar surface area (TPSA) is 8.81 Å². The molecule has 6 rings (SSSR count). The lowest BCUT2D eigenvalue weighted by Crippen LogP contribution is -2.29. The van der Waals surface area contributed by atoms with E-state index in [1.54, 1.807) is 0 Å². The van der Waals surface area contributed by atoms with E-state index in [1.165, 1.54) is 63.3 Å². The molecule has 31 heavy (non-hydrogen) atoms. The lowest BCUT2D eigenvalue weighted by atomic mass is 10.0. The van der Waals surface area contributed by atoms with Crippen LogP contribution in [0.5, 0.6) is 0 Å². The number of thiophene rings is 2. The predicted molar refractivity (Wildman–Crippen MR) is 135 cm³/mol. The fourth-order valence-corrected chi connectivity index (χ4v) is 7.62. The van der Waals surface area contributed by atoms with Crippen molar-refractivity contribution in [2.75, 3.05) is 0 Å². The van der Waals surface area contributed by atoms with Crippen molar-refractivity contribution in [3.8, 4) is 17.1 Å². The molecule has 0 aliphatic heterocycles. The molecule has 152 valence electrons. The average Bonchev–Trinajstić information content (AvgIpc) is 3.40. The number of benzene rings is 3. The van der Waals surface area contributed by atoms with Crippen molar-refractivity contribution in [1.29, 1.82) is 0 Å². The summed E-state index contributed by atoms with van der Waals surface area (Å²) in [7, 11) is 2.16.